The third kappa shape index (κ3) is 3.27. The van der Waals surface area contributed by atoms with Crippen LogP contribution in [0.5, 0.6) is 17.2 Å². The number of rotatable bonds is 3. The fraction of sp³-hybridized carbons (Fsp3) is 0.364. The Hall–Kier alpha value is -2.96. The first kappa shape index (κ1) is 20.0. The summed E-state index contributed by atoms with van der Waals surface area (Å²) in [4.78, 5) is 13.7. The summed E-state index contributed by atoms with van der Waals surface area (Å²) in [5.74, 6) is 0.783. The molecule has 4 heterocycles. The van der Waals surface area contributed by atoms with Gasteiger partial charge in [-0.05, 0) is 37.5 Å². The van der Waals surface area contributed by atoms with E-state index in [1.54, 1.807) is 22.8 Å². The Morgan fingerprint density at radius 3 is 2.74 bits per heavy atom. The van der Waals surface area contributed by atoms with Gasteiger partial charge < -0.3 is 29.2 Å². The van der Waals surface area contributed by atoms with E-state index in [1.807, 2.05) is 6.92 Å². The number of aryl methyl sites for hydroxylation is 1. The van der Waals surface area contributed by atoms with Crippen molar-refractivity contribution in [1.82, 2.24) is 4.57 Å². The number of aromatic nitrogens is 1. The number of hydrogen-bond acceptors (Lipinski definition) is 7. The van der Waals surface area contributed by atoms with Gasteiger partial charge in [0.25, 0.3) is 5.56 Å². The molecule has 9 heteroatoms. The number of halogens is 1. The van der Waals surface area contributed by atoms with Crippen molar-refractivity contribution >= 4 is 15.9 Å². The van der Waals surface area contributed by atoms with Gasteiger partial charge in [-0.1, -0.05) is 15.9 Å². The molecule has 1 aromatic carbocycles. The van der Waals surface area contributed by atoms with Crippen LogP contribution in [0.25, 0.3) is 0 Å². The third-order valence-corrected chi connectivity index (χ3v) is 6.59. The lowest BCUT2D eigenvalue weighted by Crippen LogP contribution is -2.35. The number of allylic oxidation sites excluding steroid dienone is 1. The highest BCUT2D eigenvalue weighted by atomic mass is 79.9. The number of ether oxygens (including phenoxy) is 4. The molecule has 1 saturated heterocycles. The molecule has 0 aliphatic carbocycles. The maximum absolute atomic E-state index is 13.7. The van der Waals surface area contributed by atoms with Crippen LogP contribution in [0.3, 0.4) is 0 Å². The summed E-state index contributed by atoms with van der Waals surface area (Å²) < 4.78 is 24.8. The number of nitrogens with zero attached hydrogens (tertiary/aromatic N) is 2. The molecule has 3 aliphatic rings. The molecule has 0 spiro atoms. The summed E-state index contributed by atoms with van der Waals surface area (Å²) in [5.41, 5.74) is 7.85. The molecule has 2 N–H and O–H groups in total. The zero-order valence-corrected chi connectivity index (χ0v) is 18.4. The third-order valence-electron chi connectivity index (χ3n) is 5.90. The van der Waals surface area contributed by atoms with Gasteiger partial charge in [-0.25, -0.2) is 0 Å². The average molecular weight is 486 g/mol. The van der Waals surface area contributed by atoms with Gasteiger partial charge in [-0.2, -0.15) is 5.26 Å². The molecule has 8 nitrogen and oxygen atoms in total. The van der Waals surface area contributed by atoms with Gasteiger partial charge in [0.15, 0.2) is 11.5 Å². The predicted octanol–water partition coefficient (Wildman–Crippen LogP) is 3.05. The van der Waals surface area contributed by atoms with E-state index in [1.165, 1.54) is 0 Å². The summed E-state index contributed by atoms with van der Waals surface area (Å²) in [6, 6.07) is 7.48. The first-order valence-corrected chi connectivity index (χ1v) is 10.8. The van der Waals surface area contributed by atoms with Crippen molar-refractivity contribution in [2.45, 2.75) is 38.3 Å². The van der Waals surface area contributed by atoms with Gasteiger partial charge in [0, 0.05) is 22.8 Å². The fourth-order valence-electron chi connectivity index (χ4n) is 4.37. The highest BCUT2D eigenvalue weighted by Crippen LogP contribution is 2.46. The van der Waals surface area contributed by atoms with Crippen LogP contribution in [0.1, 0.15) is 35.6 Å². The lowest BCUT2D eigenvalue weighted by Gasteiger charge is -2.28. The molecule has 5 rings (SSSR count). The Labute approximate surface area is 186 Å². The van der Waals surface area contributed by atoms with E-state index in [-0.39, 0.29) is 29.9 Å². The number of pyridine rings is 1. The molecule has 2 aromatic rings. The van der Waals surface area contributed by atoms with E-state index in [9.17, 15) is 10.1 Å². The molecule has 1 fully saturated rings. The van der Waals surface area contributed by atoms with Crippen LogP contribution in [0, 0.1) is 18.3 Å². The molecule has 0 radical (unpaired) electrons. The van der Waals surface area contributed by atoms with Gasteiger partial charge in [0.05, 0.1) is 24.1 Å². The Morgan fingerprint density at radius 2 is 2.03 bits per heavy atom. The highest BCUT2D eigenvalue weighted by molar-refractivity contribution is 9.10. The Kier molecular flexibility index (Phi) is 4.91. The van der Waals surface area contributed by atoms with E-state index in [0.29, 0.717) is 46.0 Å². The Morgan fingerprint density at radius 1 is 1.26 bits per heavy atom. The first-order valence-electron chi connectivity index (χ1n) is 10.0. The maximum Gasteiger partial charge on any atom is 0.258 e. The van der Waals surface area contributed by atoms with Crippen molar-refractivity contribution in [1.29, 1.82) is 5.26 Å². The number of nitrogens with two attached hydrogens (primary N) is 1. The minimum absolute atomic E-state index is 0.00858. The molecular weight excluding hydrogens is 466 g/mol. The Balaban J connectivity index is 1.70. The van der Waals surface area contributed by atoms with Crippen LogP contribution in [-0.4, -0.2) is 24.1 Å². The number of benzene rings is 1. The molecule has 0 bridgehead atoms. The van der Waals surface area contributed by atoms with E-state index in [2.05, 4.69) is 22.0 Å². The molecular formula is C22H20BrN3O5. The molecule has 0 amide bonds. The smallest absolute Gasteiger partial charge is 0.258 e. The zero-order valence-electron chi connectivity index (χ0n) is 16.8. The second kappa shape index (κ2) is 7.62. The summed E-state index contributed by atoms with van der Waals surface area (Å²) in [6.07, 6.45) is 1.88. The van der Waals surface area contributed by atoms with Crippen LogP contribution in [0.4, 0.5) is 0 Å². The topological polar surface area (TPSA) is 109 Å². The number of nitriles is 1. The van der Waals surface area contributed by atoms with E-state index < -0.39 is 5.92 Å². The van der Waals surface area contributed by atoms with Crippen molar-refractivity contribution in [2.24, 2.45) is 5.73 Å². The molecule has 160 valence electrons. The predicted molar refractivity (Wildman–Crippen MR) is 114 cm³/mol. The van der Waals surface area contributed by atoms with Gasteiger partial charge in [0.2, 0.25) is 12.7 Å². The molecule has 31 heavy (non-hydrogen) atoms. The van der Waals surface area contributed by atoms with Crippen LogP contribution in [-0.2, 0) is 11.3 Å². The minimum atomic E-state index is -0.707. The van der Waals surface area contributed by atoms with E-state index in [0.717, 1.165) is 18.5 Å². The standard InChI is InChI=1S/C22H20BrN3O5/c1-11-5-18-20(22(27)26(11)9-12-3-2-4-28-12)19(14(8-24)21(25)31-18)13-6-16-17(7-15(13)23)30-10-29-16/h5-7,12,19H,2-4,9-10,25H2,1H3/t12-,19+/m1/s1. The lowest BCUT2D eigenvalue weighted by molar-refractivity contribution is 0.0955. The van der Waals surface area contributed by atoms with Crippen LogP contribution in [0.2, 0.25) is 0 Å². The van der Waals surface area contributed by atoms with Gasteiger partial charge in [-0.3, -0.25) is 4.79 Å². The largest absolute Gasteiger partial charge is 0.454 e. The summed E-state index contributed by atoms with van der Waals surface area (Å²) in [7, 11) is 0. The van der Waals surface area contributed by atoms with Gasteiger partial charge in [-0.15, -0.1) is 0 Å². The van der Waals surface area contributed by atoms with Crippen LogP contribution < -0.4 is 25.5 Å². The Bertz CT molecular complexity index is 1210. The quantitative estimate of drug-likeness (QED) is 0.711. The SMILES string of the molecule is Cc1cc2c(c(=O)n1C[C@H]1CCCO1)[C@@H](c1cc3c(cc1Br)OCO3)C(C#N)=C(N)O2. The molecule has 3 aliphatic heterocycles. The van der Waals surface area contributed by atoms with Crippen LogP contribution >= 0.6 is 15.9 Å². The normalized spacial score (nSPS) is 21.6. The van der Waals surface area contributed by atoms with Crippen molar-refractivity contribution in [3.63, 3.8) is 0 Å². The molecule has 2 atom stereocenters. The minimum Gasteiger partial charge on any atom is -0.454 e. The monoisotopic (exact) mass is 485 g/mol. The molecule has 1 aromatic heterocycles. The second-order valence-electron chi connectivity index (χ2n) is 7.77. The highest BCUT2D eigenvalue weighted by Gasteiger charge is 2.36. The second-order valence-corrected chi connectivity index (χ2v) is 8.62. The van der Waals surface area contributed by atoms with E-state index in [4.69, 9.17) is 24.7 Å². The van der Waals surface area contributed by atoms with Gasteiger partial charge in [0.1, 0.15) is 17.4 Å². The zero-order chi connectivity index (χ0) is 21.7. The van der Waals surface area contributed by atoms with Crippen LogP contribution in [0.15, 0.2) is 38.9 Å². The summed E-state index contributed by atoms with van der Waals surface area (Å²) >= 11 is 3.56. The van der Waals surface area contributed by atoms with E-state index >= 15 is 0 Å². The lowest BCUT2D eigenvalue weighted by atomic mass is 9.83. The van der Waals surface area contributed by atoms with Crippen molar-refractivity contribution in [2.75, 3.05) is 13.4 Å². The summed E-state index contributed by atoms with van der Waals surface area (Å²) in [6.45, 7) is 3.13. The fourth-order valence-corrected chi connectivity index (χ4v) is 4.92. The molecule has 0 unspecified atom stereocenters. The maximum atomic E-state index is 13.7. The first-order chi connectivity index (χ1) is 15.0. The van der Waals surface area contributed by atoms with Crippen molar-refractivity contribution in [3.8, 4) is 23.3 Å². The van der Waals surface area contributed by atoms with Gasteiger partial charge >= 0.3 is 0 Å². The summed E-state index contributed by atoms with van der Waals surface area (Å²) in [5, 5.41) is 9.88. The molecule has 0 saturated carbocycles. The van der Waals surface area contributed by atoms with Crippen molar-refractivity contribution < 1.29 is 18.9 Å². The number of hydrogen-bond donors (Lipinski definition) is 1. The average Bonchev–Trinajstić information content (AvgIpc) is 3.41. The van der Waals surface area contributed by atoms with Crippen molar-refractivity contribution in [3.05, 3.63) is 61.3 Å². The number of fused-ring (bicyclic) bond motifs is 2.